The summed E-state index contributed by atoms with van der Waals surface area (Å²) in [7, 11) is 0. The maximum Gasteiger partial charge on any atom is 0.251 e. The molecular weight excluding hydrogens is 374 g/mol. The van der Waals surface area contributed by atoms with Gasteiger partial charge < -0.3 is 16.0 Å². The molecule has 1 aromatic rings. The Kier molecular flexibility index (Phi) is 5.71. The van der Waals surface area contributed by atoms with E-state index in [1.807, 2.05) is 4.90 Å². The van der Waals surface area contributed by atoms with E-state index in [4.69, 9.17) is 5.73 Å². The Balaban J connectivity index is 1.50. The van der Waals surface area contributed by atoms with Crippen LogP contribution in [0.3, 0.4) is 0 Å². The lowest BCUT2D eigenvalue weighted by Gasteiger charge is -2.34. The Morgan fingerprint density at radius 3 is 2.39 bits per heavy atom. The molecule has 0 bridgehead atoms. The number of nitrogens with zero attached hydrogens (tertiary/aromatic N) is 1. The van der Waals surface area contributed by atoms with Crippen LogP contribution < -0.4 is 11.1 Å². The second-order valence-corrected chi connectivity index (χ2v) is 9.46. The van der Waals surface area contributed by atoms with Crippen molar-refractivity contribution < 1.29 is 14.4 Å². The van der Waals surface area contributed by atoms with Gasteiger partial charge in [-0.2, -0.15) is 0 Å². The van der Waals surface area contributed by atoms with Crippen molar-refractivity contribution in [2.24, 2.45) is 11.7 Å². The number of hydrogen-bond donors (Lipinski definition) is 2. The van der Waals surface area contributed by atoms with E-state index >= 15 is 0 Å². The van der Waals surface area contributed by atoms with Gasteiger partial charge in [0.15, 0.2) is 0 Å². The van der Waals surface area contributed by atoms with Crippen molar-refractivity contribution >= 4 is 34.1 Å². The maximum atomic E-state index is 12.9. The number of hydrogen-bond acceptors (Lipinski definition) is 4. The van der Waals surface area contributed by atoms with Crippen LogP contribution in [0.1, 0.15) is 78.6 Å². The molecule has 3 amide bonds. The summed E-state index contributed by atoms with van der Waals surface area (Å²) < 4.78 is 0. The first-order valence-corrected chi connectivity index (χ1v) is 11.4. The molecule has 7 heteroatoms. The minimum Gasteiger partial charge on any atom is -0.365 e. The van der Waals surface area contributed by atoms with E-state index in [0.29, 0.717) is 10.6 Å². The van der Waals surface area contributed by atoms with Gasteiger partial charge in [-0.3, -0.25) is 14.4 Å². The Labute approximate surface area is 169 Å². The Morgan fingerprint density at radius 1 is 1.00 bits per heavy atom. The topological polar surface area (TPSA) is 92.5 Å². The first-order valence-electron chi connectivity index (χ1n) is 10.6. The smallest absolute Gasteiger partial charge is 0.251 e. The fourth-order valence-corrected chi connectivity index (χ4v) is 5.89. The van der Waals surface area contributed by atoms with Crippen LogP contribution >= 0.6 is 11.3 Å². The zero-order valence-electron chi connectivity index (χ0n) is 16.3. The number of aryl methyl sites for hydroxylation is 1. The highest BCUT2D eigenvalue weighted by Gasteiger charge is 2.37. The number of nitrogens with one attached hydrogen (secondary N) is 1. The zero-order chi connectivity index (χ0) is 19.7. The monoisotopic (exact) mass is 403 g/mol. The molecule has 28 heavy (non-hydrogen) atoms. The molecule has 3 N–H and O–H groups in total. The van der Waals surface area contributed by atoms with Gasteiger partial charge in [0.05, 0.1) is 5.56 Å². The van der Waals surface area contributed by atoms with Crippen molar-refractivity contribution in [2.45, 2.75) is 76.7 Å². The van der Waals surface area contributed by atoms with Crippen molar-refractivity contribution in [3.05, 3.63) is 16.0 Å². The molecule has 2 saturated carbocycles. The normalized spacial score (nSPS) is 19.7. The molecule has 2 fully saturated rings. The van der Waals surface area contributed by atoms with Gasteiger partial charge >= 0.3 is 0 Å². The van der Waals surface area contributed by atoms with Gasteiger partial charge in [-0.15, -0.1) is 11.3 Å². The number of amides is 3. The van der Waals surface area contributed by atoms with Crippen LogP contribution in [0.2, 0.25) is 0 Å². The number of primary amides is 1. The average molecular weight is 404 g/mol. The van der Waals surface area contributed by atoms with Gasteiger partial charge in [-0.05, 0) is 56.9 Å². The Bertz CT molecular complexity index is 778. The van der Waals surface area contributed by atoms with Crippen LogP contribution in [0.25, 0.3) is 0 Å². The van der Waals surface area contributed by atoms with Gasteiger partial charge in [-0.25, -0.2) is 0 Å². The molecule has 0 unspecified atom stereocenters. The molecule has 0 radical (unpaired) electrons. The molecular formula is C21H29N3O3S. The molecule has 152 valence electrons. The molecule has 0 saturated heterocycles. The van der Waals surface area contributed by atoms with E-state index in [0.717, 1.165) is 74.6 Å². The first-order chi connectivity index (χ1) is 13.5. The van der Waals surface area contributed by atoms with Gasteiger partial charge in [0, 0.05) is 16.8 Å². The standard InChI is InChI=1S/C21H29N3O3S/c22-19(26)18-15-8-4-5-9-16(15)28-20(18)23-17(25)12-24(21(27)13-10-11-13)14-6-2-1-3-7-14/h13-14H,1-12H2,(H2,22,26)(H,23,25). The van der Waals surface area contributed by atoms with E-state index in [1.165, 1.54) is 17.8 Å². The van der Waals surface area contributed by atoms with Crippen LogP contribution in [0, 0.1) is 5.92 Å². The SMILES string of the molecule is NC(=O)c1c(NC(=O)CN(C(=O)C2CC2)C2CCCCC2)sc2c1CCCC2. The fraction of sp³-hybridized carbons (Fsp3) is 0.667. The molecule has 4 rings (SSSR count). The second-order valence-electron chi connectivity index (χ2n) is 8.36. The summed E-state index contributed by atoms with van der Waals surface area (Å²) in [6.07, 6.45) is 11.2. The highest BCUT2D eigenvalue weighted by Crippen LogP contribution is 2.38. The number of carbonyl (C=O) groups is 3. The van der Waals surface area contributed by atoms with Crippen LogP contribution in [-0.4, -0.2) is 35.2 Å². The fourth-order valence-electron chi connectivity index (χ4n) is 4.58. The minimum atomic E-state index is -0.479. The summed E-state index contributed by atoms with van der Waals surface area (Å²) in [5.74, 6) is -0.471. The molecule has 0 aromatic carbocycles. The van der Waals surface area contributed by atoms with Gasteiger partial charge in [-0.1, -0.05) is 19.3 Å². The third-order valence-electron chi connectivity index (χ3n) is 6.21. The van der Waals surface area contributed by atoms with Crippen molar-refractivity contribution in [3.8, 4) is 0 Å². The largest absolute Gasteiger partial charge is 0.365 e. The van der Waals surface area contributed by atoms with E-state index in [9.17, 15) is 14.4 Å². The zero-order valence-corrected chi connectivity index (χ0v) is 17.1. The van der Waals surface area contributed by atoms with E-state index in [1.54, 1.807) is 0 Å². The number of rotatable bonds is 6. The molecule has 3 aliphatic carbocycles. The van der Waals surface area contributed by atoms with Crippen LogP contribution in [0.5, 0.6) is 0 Å². The number of fused-ring (bicyclic) bond motifs is 1. The molecule has 0 spiro atoms. The van der Waals surface area contributed by atoms with Crippen LogP contribution in [-0.2, 0) is 22.4 Å². The molecule has 1 aromatic heterocycles. The predicted octanol–water partition coefficient (Wildman–Crippen LogP) is 3.24. The van der Waals surface area contributed by atoms with Gasteiger partial charge in [0.25, 0.3) is 5.91 Å². The lowest BCUT2D eigenvalue weighted by molar-refractivity contribution is -0.138. The van der Waals surface area contributed by atoms with E-state index < -0.39 is 5.91 Å². The molecule has 6 nitrogen and oxygen atoms in total. The van der Waals surface area contributed by atoms with Crippen molar-refractivity contribution in [1.29, 1.82) is 0 Å². The summed E-state index contributed by atoms with van der Waals surface area (Å²) >= 11 is 1.47. The quantitative estimate of drug-likeness (QED) is 0.764. The molecule has 0 aliphatic heterocycles. The number of anilines is 1. The first kappa shape index (κ1) is 19.4. The molecule has 0 atom stereocenters. The van der Waals surface area contributed by atoms with Crippen molar-refractivity contribution in [2.75, 3.05) is 11.9 Å². The molecule has 3 aliphatic rings. The van der Waals surface area contributed by atoms with Gasteiger partial charge in [0.1, 0.15) is 11.5 Å². The highest BCUT2D eigenvalue weighted by molar-refractivity contribution is 7.17. The van der Waals surface area contributed by atoms with E-state index in [2.05, 4.69) is 5.32 Å². The average Bonchev–Trinajstić information content (AvgIpc) is 3.47. The predicted molar refractivity (Wildman–Crippen MR) is 109 cm³/mol. The van der Waals surface area contributed by atoms with E-state index in [-0.39, 0.29) is 30.3 Å². The summed E-state index contributed by atoms with van der Waals surface area (Å²) in [5.41, 5.74) is 7.11. The summed E-state index contributed by atoms with van der Waals surface area (Å²) in [4.78, 5) is 40.6. The summed E-state index contributed by atoms with van der Waals surface area (Å²) in [6.45, 7) is 0.0702. The van der Waals surface area contributed by atoms with Crippen molar-refractivity contribution in [1.82, 2.24) is 4.90 Å². The lowest BCUT2D eigenvalue weighted by Crippen LogP contribution is -2.46. The minimum absolute atomic E-state index is 0.0702. The van der Waals surface area contributed by atoms with Gasteiger partial charge in [0.2, 0.25) is 11.8 Å². The number of thiophene rings is 1. The number of carbonyl (C=O) groups excluding carboxylic acids is 3. The molecule has 1 heterocycles. The highest BCUT2D eigenvalue weighted by atomic mass is 32.1. The van der Waals surface area contributed by atoms with Crippen LogP contribution in [0.15, 0.2) is 0 Å². The lowest BCUT2D eigenvalue weighted by atomic mass is 9.93. The van der Waals surface area contributed by atoms with Crippen molar-refractivity contribution in [3.63, 3.8) is 0 Å². The third-order valence-corrected chi connectivity index (χ3v) is 7.42. The second kappa shape index (κ2) is 8.23. The Hall–Kier alpha value is -1.89. The summed E-state index contributed by atoms with van der Waals surface area (Å²) in [5, 5.41) is 3.48. The summed E-state index contributed by atoms with van der Waals surface area (Å²) in [6, 6.07) is 0.166. The number of nitrogens with two attached hydrogens (primary N) is 1. The maximum absolute atomic E-state index is 12.9. The van der Waals surface area contributed by atoms with Crippen LogP contribution in [0.4, 0.5) is 5.00 Å². The third kappa shape index (κ3) is 4.09. The Morgan fingerprint density at radius 2 is 1.71 bits per heavy atom.